The van der Waals surface area contributed by atoms with E-state index in [1.807, 2.05) is 6.92 Å². The van der Waals surface area contributed by atoms with Crippen LogP contribution < -0.4 is 5.32 Å². The fourth-order valence-electron chi connectivity index (χ4n) is 2.66. The van der Waals surface area contributed by atoms with Crippen LogP contribution in [0.1, 0.15) is 45.7 Å². The zero-order chi connectivity index (χ0) is 13.2. The Morgan fingerprint density at radius 2 is 2.33 bits per heavy atom. The number of rotatable bonds is 4. The number of oxazole rings is 1. The normalized spacial score (nSPS) is 27.3. The molecule has 1 N–H and O–H groups in total. The number of hydrogen-bond acceptors (Lipinski definition) is 4. The Morgan fingerprint density at radius 3 is 2.94 bits per heavy atom. The van der Waals surface area contributed by atoms with Gasteiger partial charge >= 0.3 is 0 Å². The number of aromatic nitrogens is 1. The summed E-state index contributed by atoms with van der Waals surface area (Å²) in [6, 6.07) is 0.584. The Labute approximate surface area is 114 Å². The SMILES string of the molecule is CCNC1CCC(C)(C)CC1Sc1nc(C)co1. The van der Waals surface area contributed by atoms with Crippen molar-refractivity contribution in [2.24, 2.45) is 5.41 Å². The first-order valence-electron chi connectivity index (χ1n) is 6.82. The molecule has 0 radical (unpaired) electrons. The first-order chi connectivity index (χ1) is 8.50. The summed E-state index contributed by atoms with van der Waals surface area (Å²) in [5.41, 5.74) is 1.40. The summed E-state index contributed by atoms with van der Waals surface area (Å²) in [5.74, 6) is 0. The number of hydrogen-bond donors (Lipinski definition) is 1. The summed E-state index contributed by atoms with van der Waals surface area (Å²) in [4.78, 5) is 4.42. The van der Waals surface area contributed by atoms with Crippen molar-refractivity contribution in [2.45, 2.75) is 63.5 Å². The van der Waals surface area contributed by atoms with E-state index in [9.17, 15) is 0 Å². The van der Waals surface area contributed by atoms with Crippen molar-refractivity contribution in [2.75, 3.05) is 6.54 Å². The van der Waals surface area contributed by atoms with Crippen LogP contribution in [0.5, 0.6) is 0 Å². The number of aryl methyl sites for hydroxylation is 1. The minimum atomic E-state index is 0.436. The van der Waals surface area contributed by atoms with Crippen molar-refractivity contribution < 1.29 is 4.42 Å². The molecule has 0 bridgehead atoms. The van der Waals surface area contributed by atoms with Gasteiger partial charge in [0.05, 0.1) is 5.69 Å². The molecular formula is C14H24N2OS. The topological polar surface area (TPSA) is 38.1 Å². The van der Waals surface area contributed by atoms with Crippen LogP contribution in [0.25, 0.3) is 0 Å². The smallest absolute Gasteiger partial charge is 0.256 e. The van der Waals surface area contributed by atoms with Gasteiger partial charge in [0.25, 0.3) is 5.22 Å². The molecule has 1 aromatic heterocycles. The minimum absolute atomic E-state index is 0.436. The van der Waals surface area contributed by atoms with Gasteiger partial charge in [0.2, 0.25) is 0 Å². The maximum Gasteiger partial charge on any atom is 0.256 e. The van der Waals surface area contributed by atoms with Gasteiger partial charge in [-0.05, 0) is 38.1 Å². The lowest BCUT2D eigenvalue weighted by Crippen LogP contribution is -2.44. The average molecular weight is 268 g/mol. The average Bonchev–Trinajstić information content (AvgIpc) is 2.68. The highest BCUT2D eigenvalue weighted by atomic mass is 32.2. The monoisotopic (exact) mass is 268 g/mol. The molecule has 102 valence electrons. The Kier molecular flexibility index (Phi) is 4.38. The second-order valence-electron chi connectivity index (χ2n) is 5.98. The third-order valence-electron chi connectivity index (χ3n) is 3.65. The largest absolute Gasteiger partial charge is 0.440 e. The van der Waals surface area contributed by atoms with Crippen molar-refractivity contribution in [3.63, 3.8) is 0 Å². The summed E-state index contributed by atoms with van der Waals surface area (Å²) in [5, 5.41) is 4.99. The predicted octanol–water partition coefficient (Wildman–Crippen LogP) is 3.63. The van der Waals surface area contributed by atoms with Gasteiger partial charge in [-0.25, -0.2) is 4.98 Å². The highest BCUT2D eigenvalue weighted by molar-refractivity contribution is 7.99. The molecule has 0 spiro atoms. The van der Waals surface area contributed by atoms with E-state index in [4.69, 9.17) is 4.42 Å². The highest BCUT2D eigenvalue weighted by Crippen LogP contribution is 2.42. The molecule has 3 nitrogen and oxygen atoms in total. The maximum atomic E-state index is 5.49. The Bertz CT molecular complexity index is 389. The summed E-state index contributed by atoms with van der Waals surface area (Å²) in [6.45, 7) is 9.91. The van der Waals surface area contributed by atoms with Crippen LogP contribution in [0, 0.1) is 12.3 Å². The quantitative estimate of drug-likeness (QED) is 0.905. The van der Waals surface area contributed by atoms with Gasteiger partial charge in [-0.1, -0.05) is 32.5 Å². The van der Waals surface area contributed by atoms with Gasteiger partial charge in [0.1, 0.15) is 6.26 Å². The molecule has 1 aliphatic rings. The van der Waals surface area contributed by atoms with Crippen molar-refractivity contribution in [3.05, 3.63) is 12.0 Å². The molecular weight excluding hydrogens is 244 g/mol. The maximum absolute atomic E-state index is 5.49. The highest BCUT2D eigenvalue weighted by Gasteiger charge is 2.35. The summed E-state index contributed by atoms with van der Waals surface area (Å²) in [6.07, 6.45) is 5.50. The molecule has 1 heterocycles. The number of nitrogens with one attached hydrogen (secondary N) is 1. The van der Waals surface area contributed by atoms with Gasteiger partial charge in [-0.3, -0.25) is 0 Å². The lowest BCUT2D eigenvalue weighted by molar-refractivity contribution is 0.214. The van der Waals surface area contributed by atoms with Gasteiger partial charge in [-0.15, -0.1) is 0 Å². The standard InChI is InChI=1S/C14H24N2OS/c1-5-15-11-6-7-14(3,4)8-12(11)18-13-16-10(2)9-17-13/h9,11-12,15H,5-8H2,1-4H3. The molecule has 2 rings (SSSR count). The van der Waals surface area contributed by atoms with Crippen LogP contribution in [0.15, 0.2) is 15.9 Å². The van der Waals surface area contributed by atoms with Crippen molar-refractivity contribution in [1.29, 1.82) is 0 Å². The molecule has 2 unspecified atom stereocenters. The van der Waals surface area contributed by atoms with Crippen LogP contribution in [0.3, 0.4) is 0 Å². The van der Waals surface area contributed by atoms with Gasteiger partial charge in [0, 0.05) is 11.3 Å². The Balaban J connectivity index is 2.05. The van der Waals surface area contributed by atoms with Gasteiger partial charge < -0.3 is 9.73 Å². The zero-order valence-electron chi connectivity index (χ0n) is 11.8. The van der Waals surface area contributed by atoms with Crippen molar-refractivity contribution in [1.82, 2.24) is 10.3 Å². The molecule has 1 aromatic rings. The van der Waals surface area contributed by atoms with E-state index in [-0.39, 0.29) is 0 Å². The molecule has 0 aromatic carbocycles. The molecule has 1 fully saturated rings. The third kappa shape index (κ3) is 3.51. The molecule has 18 heavy (non-hydrogen) atoms. The lowest BCUT2D eigenvalue weighted by atomic mass is 9.75. The van der Waals surface area contributed by atoms with Gasteiger partial charge in [0.15, 0.2) is 0 Å². The molecule has 0 amide bonds. The minimum Gasteiger partial charge on any atom is -0.440 e. The second-order valence-corrected chi connectivity index (χ2v) is 7.17. The van der Waals surface area contributed by atoms with E-state index in [1.165, 1.54) is 19.3 Å². The first-order valence-corrected chi connectivity index (χ1v) is 7.70. The number of nitrogens with zero attached hydrogens (tertiary/aromatic N) is 1. The third-order valence-corrected chi connectivity index (χ3v) is 4.84. The molecule has 0 aliphatic heterocycles. The first kappa shape index (κ1) is 13.9. The van der Waals surface area contributed by atoms with E-state index < -0.39 is 0 Å². The molecule has 1 saturated carbocycles. The fraction of sp³-hybridized carbons (Fsp3) is 0.786. The fourth-order valence-corrected chi connectivity index (χ4v) is 4.15. The number of thioether (sulfide) groups is 1. The Hall–Kier alpha value is -0.480. The van der Waals surface area contributed by atoms with E-state index in [2.05, 4.69) is 31.1 Å². The zero-order valence-corrected chi connectivity index (χ0v) is 12.6. The second kappa shape index (κ2) is 5.66. The molecule has 2 atom stereocenters. The van der Waals surface area contributed by atoms with Crippen molar-refractivity contribution in [3.8, 4) is 0 Å². The van der Waals surface area contributed by atoms with Crippen LogP contribution in [-0.4, -0.2) is 22.8 Å². The summed E-state index contributed by atoms with van der Waals surface area (Å²) >= 11 is 1.80. The molecule has 4 heteroatoms. The van der Waals surface area contributed by atoms with E-state index in [0.29, 0.717) is 16.7 Å². The van der Waals surface area contributed by atoms with E-state index in [1.54, 1.807) is 18.0 Å². The van der Waals surface area contributed by atoms with Crippen LogP contribution in [0.2, 0.25) is 0 Å². The van der Waals surface area contributed by atoms with E-state index >= 15 is 0 Å². The van der Waals surface area contributed by atoms with Crippen LogP contribution in [-0.2, 0) is 0 Å². The van der Waals surface area contributed by atoms with Gasteiger partial charge in [-0.2, -0.15) is 0 Å². The van der Waals surface area contributed by atoms with Crippen LogP contribution >= 0.6 is 11.8 Å². The Morgan fingerprint density at radius 1 is 1.56 bits per heavy atom. The summed E-state index contributed by atoms with van der Waals surface area (Å²) < 4.78 is 5.49. The molecule has 1 aliphatic carbocycles. The summed E-state index contributed by atoms with van der Waals surface area (Å²) in [7, 11) is 0. The lowest BCUT2D eigenvalue weighted by Gasteiger charge is -2.40. The van der Waals surface area contributed by atoms with E-state index in [0.717, 1.165) is 17.5 Å². The van der Waals surface area contributed by atoms with Crippen LogP contribution in [0.4, 0.5) is 0 Å². The predicted molar refractivity (Wildman–Crippen MR) is 76.0 cm³/mol. The molecule has 0 saturated heterocycles. The van der Waals surface area contributed by atoms with Crippen molar-refractivity contribution >= 4 is 11.8 Å².